The summed E-state index contributed by atoms with van der Waals surface area (Å²) in [6.45, 7) is 1.71. The van der Waals surface area contributed by atoms with Crippen LogP contribution in [0.1, 0.15) is 18.4 Å². The lowest BCUT2D eigenvalue weighted by molar-refractivity contribution is -0.142. The van der Waals surface area contributed by atoms with E-state index in [1.807, 2.05) is 0 Å². The predicted octanol–water partition coefficient (Wildman–Crippen LogP) is 3.62. The summed E-state index contributed by atoms with van der Waals surface area (Å²) in [5.41, 5.74) is 7.03. The van der Waals surface area contributed by atoms with Crippen molar-refractivity contribution < 1.29 is 18.0 Å². The highest BCUT2D eigenvalue weighted by Gasteiger charge is 2.28. The van der Waals surface area contributed by atoms with Crippen molar-refractivity contribution in [2.24, 2.45) is 0 Å². The van der Waals surface area contributed by atoms with Gasteiger partial charge in [-0.3, -0.25) is 4.79 Å². The van der Waals surface area contributed by atoms with Crippen LogP contribution in [0.5, 0.6) is 0 Å². The Kier molecular flexibility index (Phi) is 4.61. The van der Waals surface area contributed by atoms with E-state index in [2.05, 4.69) is 21.2 Å². The largest absolute Gasteiger partial charge is 0.397 e. The lowest BCUT2D eigenvalue weighted by Crippen LogP contribution is -2.17. The van der Waals surface area contributed by atoms with E-state index in [0.717, 1.165) is 4.47 Å². The SMILES string of the molecule is Cc1cc(Br)cc(N)c1NC(=O)CCC(F)(F)F. The van der Waals surface area contributed by atoms with E-state index in [9.17, 15) is 18.0 Å². The summed E-state index contributed by atoms with van der Waals surface area (Å²) in [5.74, 6) is -0.704. The van der Waals surface area contributed by atoms with Gasteiger partial charge in [-0.05, 0) is 24.6 Å². The molecule has 1 aromatic carbocycles. The molecule has 0 saturated carbocycles. The molecule has 0 radical (unpaired) electrons. The minimum atomic E-state index is -4.34. The summed E-state index contributed by atoms with van der Waals surface area (Å²) < 4.78 is 36.6. The number of halogens is 4. The van der Waals surface area contributed by atoms with Crippen molar-refractivity contribution in [2.45, 2.75) is 25.9 Å². The fraction of sp³-hybridized carbons (Fsp3) is 0.364. The van der Waals surface area contributed by atoms with Crippen LogP contribution in [0.2, 0.25) is 0 Å². The number of aryl methyl sites for hydroxylation is 1. The number of nitrogen functional groups attached to an aromatic ring is 1. The number of nitrogens with one attached hydrogen (secondary N) is 1. The molecule has 0 aliphatic heterocycles. The normalized spacial score (nSPS) is 11.4. The molecule has 3 nitrogen and oxygen atoms in total. The van der Waals surface area contributed by atoms with E-state index in [0.29, 0.717) is 16.9 Å². The lowest BCUT2D eigenvalue weighted by atomic mass is 10.1. The summed E-state index contributed by atoms with van der Waals surface area (Å²) in [5, 5.41) is 2.39. The Hall–Kier alpha value is -1.24. The van der Waals surface area contributed by atoms with Gasteiger partial charge in [0.1, 0.15) is 0 Å². The Morgan fingerprint density at radius 2 is 2.06 bits per heavy atom. The Morgan fingerprint density at radius 1 is 1.44 bits per heavy atom. The molecule has 0 bridgehead atoms. The molecule has 0 heterocycles. The van der Waals surface area contributed by atoms with Gasteiger partial charge in [0.25, 0.3) is 0 Å². The molecule has 0 saturated heterocycles. The highest BCUT2D eigenvalue weighted by Crippen LogP contribution is 2.28. The molecular weight excluding hydrogens is 313 g/mol. The van der Waals surface area contributed by atoms with Gasteiger partial charge in [-0.2, -0.15) is 13.2 Å². The number of carbonyl (C=O) groups excluding carboxylic acids is 1. The number of hydrogen-bond donors (Lipinski definition) is 2. The molecule has 0 aromatic heterocycles. The van der Waals surface area contributed by atoms with Gasteiger partial charge in [-0.25, -0.2) is 0 Å². The summed E-state index contributed by atoms with van der Waals surface area (Å²) in [4.78, 5) is 11.4. The predicted molar refractivity (Wildman–Crippen MR) is 67.2 cm³/mol. The molecule has 18 heavy (non-hydrogen) atoms. The average Bonchev–Trinajstić information content (AvgIpc) is 2.19. The Balaban J connectivity index is 2.71. The van der Waals surface area contributed by atoms with Crippen molar-refractivity contribution in [3.8, 4) is 0 Å². The number of alkyl halides is 3. The zero-order valence-corrected chi connectivity index (χ0v) is 11.2. The third-order valence-corrected chi connectivity index (χ3v) is 2.69. The number of carbonyl (C=O) groups is 1. The van der Waals surface area contributed by atoms with Crippen molar-refractivity contribution in [3.05, 3.63) is 22.2 Å². The first kappa shape index (κ1) is 14.8. The van der Waals surface area contributed by atoms with E-state index in [1.165, 1.54) is 0 Å². The second-order valence-electron chi connectivity index (χ2n) is 3.85. The molecule has 3 N–H and O–H groups in total. The lowest BCUT2D eigenvalue weighted by Gasteiger charge is -2.12. The highest BCUT2D eigenvalue weighted by molar-refractivity contribution is 9.10. The number of nitrogens with two attached hydrogens (primary N) is 1. The van der Waals surface area contributed by atoms with Gasteiger partial charge in [-0.15, -0.1) is 0 Å². The van der Waals surface area contributed by atoms with Gasteiger partial charge < -0.3 is 11.1 Å². The zero-order chi connectivity index (χ0) is 13.9. The molecule has 7 heteroatoms. The molecule has 0 unspecified atom stereocenters. The molecule has 0 spiro atoms. The summed E-state index contributed by atoms with van der Waals surface area (Å²) >= 11 is 3.23. The second-order valence-corrected chi connectivity index (χ2v) is 4.77. The van der Waals surface area contributed by atoms with Crippen molar-refractivity contribution in [1.29, 1.82) is 0 Å². The molecule has 0 fully saturated rings. The van der Waals surface area contributed by atoms with E-state index in [4.69, 9.17) is 5.73 Å². The van der Waals surface area contributed by atoms with Crippen molar-refractivity contribution >= 4 is 33.2 Å². The fourth-order valence-electron chi connectivity index (χ4n) is 1.40. The van der Waals surface area contributed by atoms with Crippen LogP contribution in [-0.2, 0) is 4.79 Å². The monoisotopic (exact) mass is 324 g/mol. The maximum Gasteiger partial charge on any atom is 0.389 e. The summed E-state index contributed by atoms with van der Waals surface area (Å²) in [6.07, 6.45) is -6.09. The number of benzene rings is 1. The van der Waals surface area contributed by atoms with Crippen LogP contribution in [0.4, 0.5) is 24.5 Å². The Bertz CT molecular complexity index is 437. The topological polar surface area (TPSA) is 55.1 Å². The molecule has 0 atom stereocenters. The quantitative estimate of drug-likeness (QED) is 0.834. The first-order valence-corrected chi connectivity index (χ1v) is 5.90. The standard InChI is InChI=1S/C11H12BrF3N2O/c1-6-4-7(12)5-8(16)10(6)17-9(18)2-3-11(13,14)15/h4-5H,2-3,16H2,1H3,(H,17,18). The Labute approximate surface area is 111 Å². The van der Waals surface area contributed by atoms with Crippen LogP contribution in [0.15, 0.2) is 16.6 Å². The minimum Gasteiger partial charge on any atom is -0.397 e. The number of anilines is 2. The van der Waals surface area contributed by atoms with Gasteiger partial charge in [-0.1, -0.05) is 15.9 Å². The number of amides is 1. The molecule has 1 aromatic rings. The highest BCUT2D eigenvalue weighted by atomic mass is 79.9. The first-order chi connectivity index (χ1) is 8.19. The van der Waals surface area contributed by atoms with Gasteiger partial charge >= 0.3 is 6.18 Å². The number of hydrogen-bond acceptors (Lipinski definition) is 2. The van der Waals surface area contributed by atoms with Crippen LogP contribution >= 0.6 is 15.9 Å². The first-order valence-electron chi connectivity index (χ1n) is 5.11. The molecular formula is C11H12BrF3N2O. The van der Waals surface area contributed by atoms with Crippen LogP contribution < -0.4 is 11.1 Å². The third kappa shape index (κ3) is 4.56. The van der Waals surface area contributed by atoms with Crippen molar-refractivity contribution in [1.82, 2.24) is 0 Å². The average molecular weight is 325 g/mol. The van der Waals surface area contributed by atoms with Gasteiger partial charge in [0, 0.05) is 10.9 Å². The van der Waals surface area contributed by atoms with Crippen molar-refractivity contribution in [2.75, 3.05) is 11.1 Å². The van der Waals surface area contributed by atoms with Gasteiger partial charge in [0.15, 0.2) is 0 Å². The van der Waals surface area contributed by atoms with Gasteiger partial charge in [0.05, 0.1) is 17.8 Å². The summed E-state index contributed by atoms with van der Waals surface area (Å²) in [6, 6.07) is 3.29. The van der Waals surface area contributed by atoms with Crippen LogP contribution in [0.3, 0.4) is 0 Å². The van der Waals surface area contributed by atoms with E-state index >= 15 is 0 Å². The summed E-state index contributed by atoms with van der Waals surface area (Å²) in [7, 11) is 0. The molecule has 0 aliphatic carbocycles. The van der Waals surface area contributed by atoms with Gasteiger partial charge in [0.2, 0.25) is 5.91 Å². The van der Waals surface area contributed by atoms with E-state index in [-0.39, 0.29) is 0 Å². The zero-order valence-electron chi connectivity index (χ0n) is 9.57. The molecule has 0 aliphatic rings. The number of rotatable bonds is 3. The van der Waals surface area contributed by atoms with Crippen LogP contribution in [0, 0.1) is 6.92 Å². The molecule has 100 valence electrons. The Morgan fingerprint density at radius 3 is 2.56 bits per heavy atom. The maximum atomic E-state index is 12.0. The second kappa shape index (κ2) is 5.60. The molecule has 1 amide bonds. The maximum absolute atomic E-state index is 12.0. The van der Waals surface area contributed by atoms with Crippen molar-refractivity contribution in [3.63, 3.8) is 0 Å². The van der Waals surface area contributed by atoms with Crippen LogP contribution in [-0.4, -0.2) is 12.1 Å². The van der Waals surface area contributed by atoms with E-state index in [1.54, 1.807) is 19.1 Å². The third-order valence-electron chi connectivity index (χ3n) is 2.23. The fourth-order valence-corrected chi connectivity index (χ4v) is 1.99. The van der Waals surface area contributed by atoms with Crippen LogP contribution in [0.25, 0.3) is 0 Å². The molecule has 1 rings (SSSR count). The smallest absolute Gasteiger partial charge is 0.389 e. The minimum absolute atomic E-state index is 0.308. The van der Waals surface area contributed by atoms with E-state index < -0.39 is 24.9 Å².